The van der Waals surface area contributed by atoms with Gasteiger partial charge in [0.15, 0.2) is 0 Å². The van der Waals surface area contributed by atoms with Crippen LogP contribution in [0, 0.1) is 6.92 Å². The SMILES string of the molecule is Cc1csc2c(Oc3ccccc3)cccc12. The van der Waals surface area contributed by atoms with Gasteiger partial charge in [-0.1, -0.05) is 30.3 Å². The molecular weight excluding hydrogens is 228 g/mol. The molecule has 0 aliphatic rings. The topological polar surface area (TPSA) is 9.23 Å². The Labute approximate surface area is 104 Å². The highest BCUT2D eigenvalue weighted by atomic mass is 32.1. The van der Waals surface area contributed by atoms with Crippen molar-refractivity contribution in [3.05, 3.63) is 59.5 Å². The second-order valence-corrected chi connectivity index (χ2v) is 4.85. The van der Waals surface area contributed by atoms with E-state index in [4.69, 9.17) is 4.74 Å². The summed E-state index contributed by atoms with van der Waals surface area (Å²) in [7, 11) is 0. The monoisotopic (exact) mass is 240 g/mol. The average Bonchev–Trinajstić information content (AvgIpc) is 2.74. The second-order valence-electron chi connectivity index (χ2n) is 3.97. The van der Waals surface area contributed by atoms with Crippen LogP contribution in [0.25, 0.3) is 10.1 Å². The summed E-state index contributed by atoms with van der Waals surface area (Å²) in [5.41, 5.74) is 1.31. The Morgan fingerprint density at radius 2 is 1.76 bits per heavy atom. The zero-order valence-corrected chi connectivity index (χ0v) is 10.3. The molecule has 0 N–H and O–H groups in total. The van der Waals surface area contributed by atoms with Crippen molar-refractivity contribution in [1.29, 1.82) is 0 Å². The van der Waals surface area contributed by atoms with E-state index in [1.165, 1.54) is 15.6 Å². The van der Waals surface area contributed by atoms with Gasteiger partial charge in [0.2, 0.25) is 0 Å². The Morgan fingerprint density at radius 1 is 0.941 bits per heavy atom. The van der Waals surface area contributed by atoms with Crippen molar-refractivity contribution in [2.24, 2.45) is 0 Å². The fourth-order valence-electron chi connectivity index (χ4n) is 1.85. The molecule has 17 heavy (non-hydrogen) atoms. The Kier molecular flexibility index (Phi) is 2.57. The van der Waals surface area contributed by atoms with Gasteiger partial charge in [-0.2, -0.15) is 0 Å². The van der Waals surface area contributed by atoms with Crippen LogP contribution >= 0.6 is 11.3 Å². The van der Waals surface area contributed by atoms with Crippen LogP contribution in [0.4, 0.5) is 0 Å². The fourth-order valence-corrected chi connectivity index (χ4v) is 2.86. The number of thiophene rings is 1. The molecule has 0 fully saturated rings. The number of para-hydroxylation sites is 1. The molecule has 84 valence electrons. The number of benzene rings is 2. The van der Waals surface area contributed by atoms with E-state index in [1.54, 1.807) is 11.3 Å². The van der Waals surface area contributed by atoms with E-state index in [0.29, 0.717) is 0 Å². The zero-order chi connectivity index (χ0) is 11.7. The predicted octanol–water partition coefficient (Wildman–Crippen LogP) is 5.00. The molecule has 1 aromatic heterocycles. The molecule has 0 amide bonds. The summed E-state index contributed by atoms with van der Waals surface area (Å²) >= 11 is 1.73. The van der Waals surface area contributed by atoms with Crippen molar-refractivity contribution in [3.63, 3.8) is 0 Å². The van der Waals surface area contributed by atoms with Crippen LogP contribution in [0.15, 0.2) is 53.9 Å². The van der Waals surface area contributed by atoms with Crippen LogP contribution in [0.2, 0.25) is 0 Å². The first-order valence-corrected chi connectivity index (χ1v) is 6.42. The average molecular weight is 240 g/mol. The van der Waals surface area contributed by atoms with E-state index in [1.807, 2.05) is 42.5 Å². The van der Waals surface area contributed by atoms with Gasteiger partial charge >= 0.3 is 0 Å². The molecule has 0 saturated carbocycles. The number of hydrogen-bond acceptors (Lipinski definition) is 2. The van der Waals surface area contributed by atoms with Crippen LogP contribution in [-0.2, 0) is 0 Å². The fraction of sp³-hybridized carbons (Fsp3) is 0.0667. The summed E-state index contributed by atoms with van der Waals surface area (Å²) in [5, 5.41) is 3.45. The Balaban J connectivity index is 2.06. The van der Waals surface area contributed by atoms with E-state index in [9.17, 15) is 0 Å². The van der Waals surface area contributed by atoms with Crippen LogP contribution < -0.4 is 4.74 Å². The third-order valence-electron chi connectivity index (χ3n) is 2.73. The molecule has 0 radical (unpaired) electrons. The van der Waals surface area contributed by atoms with Gasteiger partial charge < -0.3 is 4.74 Å². The van der Waals surface area contributed by atoms with Crippen LogP contribution in [-0.4, -0.2) is 0 Å². The van der Waals surface area contributed by atoms with Crippen LogP contribution in [0.3, 0.4) is 0 Å². The van der Waals surface area contributed by atoms with Crippen LogP contribution in [0.5, 0.6) is 11.5 Å². The third-order valence-corrected chi connectivity index (χ3v) is 3.86. The predicted molar refractivity (Wildman–Crippen MR) is 73.1 cm³/mol. The Bertz CT molecular complexity index is 640. The first-order valence-electron chi connectivity index (χ1n) is 5.54. The molecule has 1 nitrogen and oxygen atoms in total. The van der Waals surface area contributed by atoms with Gasteiger partial charge in [-0.05, 0) is 41.5 Å². The minimum Gasteiger partial charge on any atom is -0.456 e. The summed E-state index contributed by atoms with van der Waals surface area (Å²) in [6.07, 6.45) is 0. The quantitative estimate of drug-likeness (QED) is 0.612. The van der Waals surface area contributed by atoms with E-state index >= 15 is 0 Å². The van der Waals surface area contributed by atoms with Crippen molar-refractivity contribution in [2.75, 3.05) is 0 Å². The standard InChI is InChI=1S/C15H12OS/c1-11-10-17-15-13(11)8-5-9-14(15)16-12-6-3-2-4-7-12/h2-10H,1H3. The molecule has 3 aromatic rings. The molecule has 2 aromatic carbocycles. The molecule has 0 bridgehead atoms. The zero-order valence-electron chi connectivity index (χ0n) is 9.51. The third kappa shape index (κ3) is 1.92. The first-order chi connectivity index (χ1) is 8.34. The second kappa shape index (κ2) is 4.22. The molecule has 0 aliphatic heterocycles. The summed E-state index contributed by atoms with van der Waals surface area (Å²) < 4.78 is 7.13. The highest BCUT2D eigenvalue weighted by molar-refractivity contribution is 7.17. The number of aryl methyl sites for hydroxylation is 1. The lowest BCUT2D eigenvalue weighted by molar-refractivity contribution is 0.489. The molecule has 0 saturated heterocycles. The lowest BCUT2D eigenvalue weighted by Gasteiger charge is -2.06. The molecule has 0 unspecified atom stereocenters. The molecule has 0 atom stereocenters. The lowest BCUT2D eigenvalue weighted by atomic mass is 10.2. The number of hydrogen-bond donors (Lipinski definition) is 0. The van der Waals surface area contributed by atoms with Crippen molar-refractivity contribution in [1.82, 2.24) is 0 Å². The van der Waals surface area contributed by atoms with E-state index in [-0.39, 0.29) is 0 Å². The van der Waals surface area contributed by atoms with E-state index < -0.39 is 0 Å². The van der Waals surface area contributed by atoms with Gasteiger partial charge in [0, 0.05) is 0 Å². The van der Waals surface area contributed by atoms with E-state index in [0.717, 1.165) is 11.5 Å². The number of ether oxygens (including phenoxy) is 1. The van der Waals surface area contributed by atoms with Crippen molar-refractivity contribution in [2.45, 2.75) is 6.92 Å². The first kappa shape index (κ1) is 10.4. The summed E-state index contributed by atoms with van der Waals surface area (Å²) in [5.74, 6) is 1.82. The normalized spacial score (nSPS) is 10.6. The molecule has 3 rings (SSSR count). The van der Waals surface area contributed by atoms with Gasteiger partial charge in [-0.15, -0.1) is 11.3 Å². The van der Waals surface area contributed by atoms with E-state index in [2.05, 4.69) is 18.4 Å². The lowest BCUT2D eigenvalue weighted by Crippen LogP contribution is -1.83. The smallest absolute Gasteiger partial charge is 0.145 e. The highest BCUT2D eigenvalue weighted by Gasteiger charge is 2.06. The largest absolute Gasteiger partial charge is 0.456 e. The summed E-state index contributed by atoms with van der Waals surface area (Å²) in [6, 6.07) is 16.1. The van der Waals surface area contributed by atoms with Gasteiger partial charge in [0.05, 0.1) is 4.70 Å². The maximum atomic E-state index is 5.92. The van der Waals surface area contributed by atoms with Gasteiger partial charge in [0.25, 0.3) is 0 Å². The summed E-state index contributed by atoms with van der Waals surface area (Å²) in [6.45, 7) is 2.13. The van der Waals surface area contributed by atoms with Gasteiger partial charge in [0.1, 0.15) is 11.5 Å². The Morgan fingerprint density at radius 3 is 2.59 bits per heavy atom. The van der Waals surface area contributed by atoms with Crippen LogP contribution in [0.1, 0.15) is 5.56 Å². The molecule has 0 spiro atoms. The van der Waals surface area contributed by atoms with Crippen molar-refractivity contribution in [3.8, 4) is 11.5 Å². The van der Waals surface area contributed by atoms with Crippen molar-refractivity contribution >= 4 is 21.4 Å². The molecule has 1 heterocycles. The molecular formula is C15H12OS. The summed E-state index contributed by atoms with van der Waals surface area (Å²) in [4.78, 5) is 0. The van der Waals surface area contributed by atoms with Gasteiger partial charge in [-0.25, -0.2) is 0 Å². The Hall–Kier alpha value is -1.80. The maximum absolute atomic E-state index is 5.92. The molecule has 2 heteroatoms. The maximum Gasteiger partial charge on any atom is 0.145 e. The number of fused-ring (bicyclic) bond motifs is 1. The minimum atomic E-state index is 0.881. The van der Waals surface area contributed by atoms with Crippen molar-refractivity contribution < 1.29 is 4.74 Å². The highest BCUT2D eigenvalue weighted by Crippen LogP contribution is 2.35. The minimum absolute atomic E-state index is 0.881. The number of rotatable bonds is 2. The molecule has 0 aliphatic carbocycles. The van der Waals surface area contributed by atoms with Gasteiger partial charge in [-0.3, -0.25) is 0 Å².